The van der Waals surface area contributed by atoms with Crippen LogP contribution in [0.1, 0.15) is 25.0 Å². The molecule has 0 spiro atoms. The van der Waals surface area contributed by atoms with Gasteiger partial charge >= 0.3 is 0 Å². The monoisotopic (exact) mass is 305 g/mol. The maximum atomic E-state index is 8.86. The minimum atomic E-state index is -0.134. The van der Waals surface area contributed by atoms with Gasteiger partial charge in [-0.2, -0.15) is 11.8 Å². The molecule has 1 aliphatic rings. The average Bonchev–Trinajstić information content (AvgIpc) is 2.50. The van der Waals surface area contributed by atoms with Crippen LogP contribution in [0.25, 0.3) is 0 Å². The first-order valence-corrected chi connectivity index (χ1v) is 8.33. The highest BCUT2D eigenvalue weighted by atomic mass is 32.2. The maximum absolute atomic E-state index is 8.86. The summed E-state index contributed by atoms with van der Waals surface area (Å²) in [6, 6.07) is 6.71. The molecule has 21 heavy (non-hydrogen) atoms. The summed E-state index contributed by atoms with van der Waals surface area (Å²) in [5.74, 6) is 7.61. The van der Waals surface area contributed by atoms with Crippen LogP contribution in [0.3, 0.4) is 0 Å². The van der Waals surface area contributed by atoms with E-state index in [0.717, 1.165) is 24.4 Å². The standard InChI is InChI=1S/C17H23NO2S/c1-13-14(2)21-10-8-18(13)12-15-6-7-17(20-3)16(11-15)5-4-9-19/h6-7,11,13-14,19H,8-10,12H2,1-3H3. The Hall–Kier alpha value is -1.15. The number of aliphatic hydroxyl groups excluding tert-OH is 1. The van der Waals surface area contributed by atoms with Gasteiger partial charge in [-0.25, -0.2) is 0 Å². The van der Waals surface area contributed by atoms with Crippen LogP contribution in [0.5, 0.6) is 5.75 Å². The van der Waals surface area contributed by atoms with Crippen LogP contribution in [-0.4, -0.2) is 47.3 Å². The van der Waals surface area contributed by atoms with Crippen molar-refractivity contribution in [1.82, 2.24) is 4.90 Å². The summed E-state index contributed by atoms with van der Waals surface area (Å²) in [5.41, 5.74) is 2.08. The van der Waals surface area contributed by atoms with Gasteiger partial charge in [0, 0.05) is 30.1 Å². The molecule has 1 heterocycles. The fourth-order valence-electron chi connectivity index (χ4n) is 2.54. The van der Waals surface area contributed by atoms with E-state index < -0.39 is 0 Å². The van der Waals surface area contributed by atoms with Gasteiger partial charge in [-0.05, 0) is 24.6 Å². The summed E-state index contributed by atoms with van der Waals surface area (Å²) < 4.78 is 5.32. The Morgan fingerprint density at radius 1 is 1.43 bits per heavy atom. The van der Waals surface area contributed by atoms with E-state index in [1.54, 1.807) is 7.11 Å². The number of nitrogens with zero attached hydrogens (tertiary/aromatic N) is 1. The number of methoxy groups -OCH3 is 1. The largest absolute Gasteiger partial charge is 0.495 e. The SMILES string of the molecule is COc1ccc(CN2CCSC(C)C2C)cc1C#CCO. The number of ether oxygens (including phenoxy) is 1. The molecular formula is C17H23NO2S. The first-order valence-electron chi connectivity index (χ1n) is 7.28. The topological polar surface area (TPSA) is 32.7 Å². The quantitative estimate of drug-likeness (QED) is 0.869. The molecule has 2 atom stereocenters. The lowest BCUT2D eigenvalue weighted by atomic mass is 10.1. The van der Waals surface area contributed by atoms with Crippen molar-refractivity contribution in [3.8, 4) is 17.6 Å². The molecule has 1 aliphatic heterocycles. The van der Waals surface area contributed by atoms with E-state index in [-0.39, 0.29) is 6.61 Å². The molecule has 4 heteroatoms. The van der Waals surface area contributed by atoms with E-state index in [4.69, 9.17) is 9.84 Å². The lowest BCUT2D eigenvalue weighted by Gasteiger charge is -2.37. The molecule has 0 amide bonds. The summed E-state index contributed by atoms with van der Waals surface area (Å²) in [7, 11) is 1.64. The lowest BCUT2D eigenvalue weighted by molar-refractivity contribution is 0.204. The van der Waals surface area contributed by atoms with Crippen molar-refractivity contribution in [3.05, 3.63) is 29.3 Å². The number of benzene rings is 1. The third-order valence-corrected chi connectivity index (χ3v) is 5.30. The zero-order valence-electron chi connectivity index (χ0n) is 12.9. The highest BCUT2D eigenvalue weighted by molar-refractivity contribution is 8.00. The fourth-order valence-corrected chi connectivity index (χ4v) is 3.70. The summed E-state index contributed by atoms with van der Waals surface area (Å²) in [4.78, 5) is 2.52. The van der Waals surface area contributed by atoms with Gasteiger partial charge in [0.05, 0.1) is 12.7 Å². The summed E-state index contributed by atoms with van der Waals surface area (Å²) >= 11 is 2.05. The van der Waals surface area contributed by atoms with Crippen LogP contribution >= 0.6 is 11.8 Å². The van der Waals surface area contributed by atoms with E-state index in [2.05, 4.69) is 42.7 Å². The van der Waals surface area contributed by atoms with E-state index in [1.165, 1.54) is 11.3 Å². The molecule has 114 valence electrons. The molecule has 1 saturated heterocycles. The Balaban J connectivity index is 2.16. The maximum Gasteiger partial charge on any atom is 0.134 e. The van der Waals surface area contributed by atoms with Gasteiger partial charge in [0.15, 0.2) is 0 Å². The van der Waals surface area contributed by atoms with Crippen LogP contribution < -0.4 is 4.74 Å². The smallest absolute Gasteiger partial charge is 0.134 e. The Morgan fingerprint density at radius 3 is 2.95 bits per heavy atom. The lowest BCUT2D eigenvalue weighted by Crippen LogP contribution is -2.43. The van der Waals surface area contributed by atoms with Gasteiger partial charge in [-0.15, -0.1) is 0 Å². The van der Waals surface area contributed by atoms with Crippen molar-refractivity contribution in [2.75, 3.05) is 26.0 Å². The van der Waals surface area contributed by atoms with Crippen molar-refractivity contribution < 1.29 is 9.84 Å². The van der Waals surface area contributed by atoms with Crippen molar-refractivity contribution in [2.45, 2.75) is 31.7 Å². The summed E-state index contributed by atoms with van der Waals surface area (Å²) in [5, 5.41) is 9.53. The fraction of sp³-hybridized carbons (Fsp3) is 0.529. The average molecular weight is 305 g/mol. The molecule has 0 radical (unpaired) electrons. The molecule has 1 aromatic carbocycles. The van der Waals surface area contributed by atoms with Crippen LogP contribution in [0.15, 0.2) is 18.2 Å². The van der Waals surface area contributed by atoms with Gasteiger partial charge in [0.25, 0.3) is 0 Å². The Morgan fingerprint density at radius 2 is 2.24 bits per heavy atom. The van der Waals surface area contributed by atoms with Crippen LogP contribution in [-0.2, 0) is 6.54 Å². The van der Waals surface area contributed by atoms with E-state index >= 15 is 0 Å². The molecule has 3 nitrogen and oxygen atoms in total. The third-order valence-electron chi connectivity index (χ3n) is 3.97. The number of hydrogen-bond donors (Lipinski definition) is 1. The number of hydrogen-bond acceptors (Lipinski definition) is 4. The highest BCUT2D eigenvalue weighted by Gasteiger charge is 2.25. The third kappa shape index (κ3) is 4.16. The summed E-state index contributed by atoms with van der Waals surface area (Å²) in [6.45, 7) is 6.52. The zero-order valence-corrected chi connectivity index (χ0v) is 13.7. The van der Waals surface area contributed by atoms with E-state index in [0.29, 0.717) is 11.3 Å². The first-order chi connectivity index (χ1) is 10.2. The van der Waals surface area contributed by atoms with Crippen molar-refractivity contribution in [3.63, 3.8) is 0 Å². The second-order valence-electron chi connectivity index (χ2n) is 5.28. The number of rotatable bonds is 3. The molecule has 1 aromatic rings. The van der Waals surface area contributed by atoms with E-state index in [1.807, 2.05) is 17.8 Å². The Kier molecular flexibility index (Phi) is 5.98. The second kappa shape index (κ2) is 7.74. The number of aliphatic hydroxyl groups is 1. The van der Waals surface area contributed by atoms with Crippen LogP contribution in [0.2, 0.25) is 0 Å². The van der Waals surface area contributed by atoms with Crippen LogP contribution in [0.4, 0.5) is 0 Å². The molecular weight excluding hydrogens is 282 g/mol. The van der Waals surface area contributed by atoms with Crippen molar-refractivity contribution in [1.29, 1.82) is 0 Å². The van der Waals surface area contributed by atoms with Gasteiger partial charge in [-0.1, -0.05) is 24.8 Å². The predicted molar refractivity (Wildman–Crippen MR) is 88.7 cm³/mol. The second-order valence-corrected chi connectivity index (χ2v) is 6.77. The molecule has 0 bridgehead atoms. The molecule has 2 unspecified atom stereocenters. The molecule has 0 aromatic heterocycles. The van der Waals surface area contributed by atoms with Gasteiger partial charge in [0.1, 0.15) is 12.4 Å². The molecule has 2 rings (SSSR count). The van der Waals surface area contributed by atoms with Crippen molar-refractivity contribution >= 4 is 11.8 Å². The van der Waals surface area contributed by atoms with Crippen molar-refractivity contribution in [2.24, 2.45) is 0 Å². The Bertz CT molecular complexity index is 535. The minimum absolute atomic E-state index is 0.134. The van der Waals surface area contributed by atoms with E-state index in [9.17, 15) is 0 Å². The number of thioether (sulfide) groups is 1. The summed E-state index contributed by atoms with van der Waals surface area (Å²) in [6.07, 6.45) is 0. The predicted octanol–water partition coefficient (Wildman–Crippen LogP) is 2.36. The van der Waals surface area contributed by atoms with Gasteiger partial charge in [0.2, 0.25) is 0 Å². The molecule has 1 N–H and O–H groups in total. The zero-order chi connectivity index (χ0) is 15.2. The van der Waals surface area contributed by atoms with Crippen LogP contribution in [0, 0.1) is 11.8 Å². The molecule has 0 saturated carbocycles. The Labute approximate surface area is 131 Å². The highest BCUT2D eigenvalue weighted by Crippen LogP contribution is 2.26. The van der Waals surface area contributed by atoms with Gasteiger partial charge < -0.3 is 9.84 Å². The normalized spacial score (nSPS) is 22.5. The molecule has 1 fully saturated rings. The first kappa shape index (κ1) is 16.2. The van der Waals surface area contributed by atoms with Gasteiger partial charge in [-0.3, -0.25) is 4.90 Å². The molecule has 0 aliphatic carbocycles. The minimum Gasteiger partial charge on any atom is -0.495 e.